The first-order valence-electron chi connectivity index (χ1n) is 7.09. The van der Waals surface area contributed by atoms with E-state index in [9.17, 15) is 0 Å². The molecule has 0 saturated carbocycles. The average molecular weight is 214 g/mol. The van der Waals surface area contributed by atoms with E-state index in [2.05, 4.69) is 27.7 Å². The Morgan fingerprint density at radius 1 is 0.600 bits per heavy atom. The normalized spacial score (nSPS) is 12.0. The zero-order valence-corrected chi connectivity index (χ0v) is 11.5. The topological polar surface area (TPSA) is 0 Å². The molecular formula is C14H32N+. The summed E-state index contributed by atoms with van der Waals surface area (Å²) >= 11 is 0. The van der Waals surface area contributed by atoms with Crippen LogP contribution in [0.2, 0.25) is 0 Å². The molecule has 0 unspecified atom stereocenters. The molecule has 0 aromatic heterocycles. The highest BCUT2D eigenvalue weighted by atomic mass is 15.3. The van der Waals surface area contributed by atoms with Crippen LogP contribution in [0.15, 0.2) is 0 Å². The van der Waals surface area contributed by atoms with Crippen molar-refractivity contribution in [2.24, 2.45) is 0 Å². The molecule has 0 saturated heterocycles. The zero-order valence-electron chi connectivity index (χ0n) is 11.5. The third kappa shape index (κ3) is 6.19. The summed E-state index contributed by atoms with van der Waals surface area (Å²) in [6.07, 6.45) is 8.31. The minimum absolute atomic E-state index is 1.33. The lowest BCUT2D eigenvalue weighted by Gasteiger charge is -2.37. The molecule has 0 bridgehead atoms. The van der Waals surface area contributed by atoms with Crippen molar-refractivity contribution in [1.82, 2.24) is 0 Å². The van der Waals surface area contributed by atoms with Crippen molar-refractivity contribution in [3.8, 4) is 0 Å². The Morgan fingerprint density at radius 2 is 1.20 bits per heavy atom. The first-order chi connectivity index (χ1) is 7.24. The molecule has 0 fully saturated rings. The smallest absolute Gasteiger partial charge is 0.0786 e. The molecule has 15 heavy (non-hydrogen) atoms. The predicted octanol–water partition coefficient (Wildman–Crippen LogP) is 4.22. The monoisotopic (exact) mass is 214 g/mol. The van der Waals surface area contributed by atoms with E-state index >= 15 is 0 Å². The minimum atomic E-state index is 1.33. The molecule has 0 aliphatic rings. The van der Waals surface area contributed by atoms with E-state index in [1.165, 1.54) is 69.2 Å². The van der Waals surface area contributed by atoms with Gasteiger partial charge in [-0.25, -0.2) is 0 Å². The number of quaternary nitrogens is 1. The fourth-order valence-corrected chi connectivity index (χ4v) is 2.63. The lowest BCUT2D eigenvalue weighted by atomic mass is 10.1. The number of hydrogen-bond donors (Lipinski definition) is 0. The quantitative estimate of drug-likeness (QED) is 0.377. The highest BCUT2D eigenvalue weighted by Gasteiger charge is 2.22. The fraction of sp³-hybridized carbons (Fsp3) is 1.00. The maximum Gasteiger partial charge on any atom is 0.0786 e. The van der Waals surface area contributed by atoms with E-state index in [1.54, 1.807) is 0 Å². The molecule has 0 amide bonds. The van der Waals surface area contributed by atoms with Crippen LogP contribution < -0.4 is 0 Å². The maximum atomic E-state index is 2.37. The highest BCUT2D eigenvalue weighted by molar-refractivity contribution is 4.46. The van der Waals surface area contributed by atoms with Crippen molar-refractivity contribution in [1.29, 1.82) is 0 Å². The van der Waals surface area contributed by atoms with Gasteiger partial charge in [0.25, 0.3) is 0 Å². The number of hydrogen-bond acceptors (Lipinski definition) is 0. The third-order valence-electron chi connectivity index (χ3n) is 3.55. The summed E-state index contributed by atoms with van der Waals surface area (Å²) in [5, 5.41) is 0. The van der Waals surface area contributed by atoms with Crippen molar-refractivity contribution in [2.45, 2.75) is 66.2 Å². The Kier molecular flexibility index (Phi) is 9.18. The van der Waals surface area contributed by atoms with Crippen LogP contribution in [-0.4, -0.2) is 30.7 Å². The molecule has 0 rings (SSSR count). The van der Waals surface area contributed by atoms with Crippen molar-refractivity contribution < 1.29 is 4.48 Å². The van der Waals surface area contributed by atoms with E-state index in [-0.39, 0.29) is 0 Å². The summed E-state index contributed by atoms with van der Waals surface area (Å²) in [6.45, 7) is 14.8. The SMILES string of the molecule is CCCCCC[N+](CC)(CCC)CCC. The van der Waals surface area contributed by atoms with E-state index in [1.807, 2.05) is 0 Å². The zero-order chi connectivity index (χ0) is 11.6. The Hall–Kier alpha value is -0.0400. The maximum absolute atomic E-state index is 2.37. The van der Waals surface area contributed by atoms with Crippen LogP contribution in [0.3, 0.4) is 0 Å². The molecule has 1 nitrogen and oxygen atoms in total. The first kappa shape index (κ1) is 15.0. The minimum Gasteiger partial charge on any atom is -0.324 e. The Bertz CT molecular complexity index is 125. The molecule has 0 heterocycles. The van der Waals surface area contributed by atoms with Gasteiger partial charge in [-0.3, -0.25) is 0 Å². The van der Waals surface area contributed by atoms with E-state index in [0.29, 0.717) is 0 Å². The molecule has 1 heteroatoms. The van der Waals surface area contributed by atoms with Crippen molar-refractivity contribution in [3.63, 3.8) is 0 Å². The molecule has 0 aromatic carbocycles. The van der Waals surface area contributed by atoms with Gasteiger partial charge in [0.2, 0.25) is 0 Å². The van der Waals surface area contributed by atoms with E-state index in [0.717, 1.165) is 0 Å². The standard InChI is InChI=1S/C14H32N/c1-5-9-10-11-14-15(8-4,12-6-2)13-7-3/h5-14H2,1-4H3/q+1. The number of rotatable bonds is 10. The summed E-state index contributed by atoms with van der Waals surface area (Å²) in [7, 11) is 0. The van der Waals surface area contributed by atoms with Crippen LogP contribution in [0.5, 0.6) is 0 Å². The van der Waals surface area contributed by atoms with Gasteiger partial charge in [-0.15, -0.1) is 0 Å². The van der Waals surface area contributed by atoms with Crippen LogP contribution in [0.25, 0.3) is 0 Å². The summed E-state index contributed by atoms with van der Waals surface area (Å²) in [6, 6.07) is 0. The van der Waals surface area contributed by atoms with Crippen LogP contribution in [-0.2, 0) is 0 Å². The second-order valence-electron chi connectivity index (χ2n) is 4.89. The molecule has 0 aliphatic heterocycles. The van der Waals surface area contributed by atoms with Crippen LogP contribution in [0.1, 0.15) is 66.2 Å². The van der Waals surface area contributed by atoms with Gasteiger partial charge in [0.1, 0.15) is 0 Å². The number of unbranched alkanes of at least 4 members (excludes halogenated alkanes) is 3. The molecule has 0 aliphatic carbocycles. The second-order valence-corrected chi connectivity index (χ2v) is 4.89. The molecular weight excluding hydrogens is 182 g/mol. The summed E-state index contributed by atoms with van der Waals surface area (Å²) in [5.41, 5.74) is 0. The van der Waals surface area contributed by atoms with E-state index < -0.39 is 0 Å². The Balaban J connectivity index is 3.96. The van der Waals surface area contributed by atoms with Crippen LogP contribution >= 0.6 is 0 Å². The largest absolute Gasteiger partial charge is 0.324 e. The molecule has 0 N–H and O–H groups in total. The molecule has 0 spiro atoms. The molecule has 0 atom stereocenters. The Morgan fingerprint density at radius 3 is 1.60 bits per heavy atom. The summed E-state index contributed by atoms with van der Waals surface area (Å²) in [5.74, 6) is 0. The molecule has 0 radical (unpaired) electrons. The first-order valence-corrected chi connectivity index (χ1v) is 7.09. The van der Waals surface area contributed by atoms with Crippen molar-refractivity contribution >= 4 is 0 Å². The lowest BCUT2D eigenvalue weighted by Crippen LogP contribution is -2.49. The van der Waals surface area contributed by atoms with Gasteiger partial charge in [0.05, 0.1) is 26.2 Å². The third-order valence-corrected chi connectivity index (χ3v) is 3.55. The van der Waals surface area contributed by atoms with Gasteiger partial charge >= 0.3 is 0 Å². The predicted molar refractivity (Wildman–Crippen MR) is 70.1 cm³/mol. The second kappa shape index (κ2) is 9.21. The van der Waals surface area contributed by atoms with E-state index in [4.69, 9.17) is 0 Å². The fourth-order valence-electron chi connectivity index (χ4n) is 2.63. The number of nitrogens with zero attached hydrogens (tertiary/aromatic N) is 1. The lowest BCUT2D eigenvalue weighted by molar-refractivity contribution is -0.926. The van der Waals surface area contributed by atoms with Crippen LogP contribution in [0.4, 0.5) is 0 Å². The average Bonchev–Trinajstić information content (AvgIpc) is 2.25. The van der Waals surface area contributed by atoms with Gasteiger partial charge in [-0.1, -0.05) is 33.6 Å². The molecule has 0 aromatic rings. The van der Waals surface area contributed by atoms with Gasteiger partial charge in [-0.2, -0.15) is 0 Å². The summed E-state index contributed by atoms with van der Waals surface area (Å²) in [4.78, 5) is 0. The highest BCUT2D eigenvalue weighted by Crippen LogP contribution is 2.13. The van der Waals surface area contributed by atoms with Gasteiger partial charge in [0, 0.05) is 0 Å². The van der Waals surface area contributed by atoms with Gasteiger partial charge < -0.3 is 4.48 Å². The summed E-state index contributed by atoms with van der Waals surface area (Å²) < 4.78 is 1.37. The van der Waals surface area contributed by atoms with Gasteiger partial charge in [0.15, 0.2) is 0 Å². The van der Waals surface area contributed by atoms with Crippen LogP contribution in [0, 0.1) is 0 Å². The van der Waals surface area contributed by atoms with Crippen molar-refractivity contribution in [2.75, 3.05) is 26.2 Å². The Labute approximate surface area is 97.5 Å². The molecule has 92 valence electrons. The van der Waals surface area contributed by atoms with Gasteiger partial charge in [-0.05, 0) is 32.6 Å². The van der Waals surface area contributed by atoms with Crippen molar-refractivity contribution in [3.05, 3.63) is 0 Å².